The van der Waals surface area contributed by atoms with Crippen LogP contribution in [0.15, 0.2) is 0 Å². The monoisotopic (exact) mass is 197 g/mol. The molecule has 0 aromatic rings. The van der Waals surface area contributed by atoms with Gasteiger partial charge in [0.1, 0.15) is 0 Å². The Morgan fingerprint density at radius 2 is 2.00 bits per heavy atom. The average Bonchev–Trinajstić information content (AvgIpc) is 2.35. The first-order valence-electron chi connectivity index (χ1n) is 5.21. The number of aliphatic hydroxyl groups excluding tert-OH is 1. The quantitative estimate of drug-likeness (QED) is 0.652. The van der Waals surface area contributed by atoms with Gasteiger partial charge in [-0.3, -0.25) is 0 Å². The maximum atomic E-state index is 11.0. The number of carboxylic acids is 1. The molecule has 3 heteroatoms. The van der Waals surface area contributed by atoms with Gasteiger partial charge in [0.05, 0.1) is 6.10 Å². The molecule has 3 nitrogen and oxygen atoms in total. The third-order valence-electron chi connectivity index (χ3n) is 5.07. The molecule has 14 heavy (non-hydrogen) atoms. The molecule has 2 aliphatic carbocycles. The SMILES string of the molecule is CC1(C)[C@@H]2CC[C@]1(C)[C@H](O)[C@H]2C(=O)[O-]. The van der Waals surface area contributed by atoms with Gasteiger partial charge in [-0.2, -0.15) is 0 Å². The molecule has 0 unspecified atom stereocenters. The average molecular weight is 197 g/mol. The van der Waals surface area contributed by atoms with Gasteiger partial charge in [-0.1, -0.05) is 20.8 Å². The molecule has 2 fully saturated rings. The molecular formula is C11H17O3-. The van der Waals surface area contributed by atoms with Crippen LogP contribution in [0.5, 0.6) is 0 Å². The predicted octanol–water partition coefficient (Wildman–Crippen LogP) is 0.170. The molecule has 0 amide bonds. The van der Waals surface area contributed by atoms with Crippen LogP contribution in [0.2, 0.25) is 0 Å². The minimum absolute atomic E-state index is 0.0764. The number of carboxylic acid groups (broad SMARTS) is 1. The van der Waals surface area contributed by atoms with E-state index >= 15 is 0 Å². The van der Waals surface area contributed by atoms with Gasteiger partial charge in [-0.25, -0.2) is 0 Å². The van der Waals surface area contributed by atoms with Crippen molar-refractivity contribution in [2.45, 2.75) is 39.7 Å². The van der Waals surface area contributed by atoms with Gasteiger partial charge >= 0.3 is 0 Å². The summed E-state index contributed by atoms with van der Waals surface area (Å²) in [5, 5.41) is 21.0. The van der Waals surface area contributed by atoms with Crippen molar-refractivity contribution >= 4 is 5.97 Å². The Kier molecular flexibility index (Phi) is 1.79. The molecule has 4 atom stereocenters. The molecule has 2 saturated carbocycles. The topological polar surface area (TPSA) is 60.4 Å². The van der Waals surface area contributed by atoms with E-state index in [4.69, 9.17) is 0 Å². The Labute approximate surface area is 84.1 Å². The molecule has 0 aromatic carbocycles. The van der Waals surface area contributed by atoms with Crippen LogP contribution in [-0.4, -0.2) is 17.2 Å². The maximum Gasteiger partial charge on any atom is 0.0682 e. The van der Waals surface area contributed by atoms with Crippen molar-refractivity contribution in [2.24, 2.45) is 22.7 Å². The van der Waals surface area contributed by atoms with Crippen molar-refractivity contribution in [3.8, 4) is 0 Å². The lowest BCUT2D eigenvalue weighted by Gasteiger charge is -2.37. The van der Waals surface area contributed by atoms with Crippen LogP contribution in [-0.2, 0) is 4.79 Å². The molecule has 0 aromatic heterocycles. The van der Waals surface area contributed by atoms with Crippen molar-refractivity contribution in [3.63, 3.8) is 0 Å². The Hall–Kier alpha value is -0.570. The second-order valence-electron chi connectivity index (χ2n) is 5.57. The zero-order valence-electron chi connectivity index (χ0n) is 8.91. The molecule has 0 spiro atoms. The molecular weight excluding hydrogens is 180 g/mol. The minimum Gasteiger partial charge on any atom is -0.550 e. The molecule has 80 valence electrons. The second kappa shape index (κ2) is 2.51. The standard InChI is InChI=1S/C11H18O3/c1-10(2)6-4-5-11(10,3)8(12)7(6)9(13)14/h6-8,12H,4-5H2,1-3H3,(H,13,14)/p-1/t6-,7+,8-,11-/m1/s1. The Bertz CT molecular complexity index is 284. The van der Waals surface area contributed by atoms with Crippen LogP contribution >= 0.6 is 0 Å². The third kappa shape index (κ3) is 0.842. The highest BCUT2D eigenvalue weighted by molar-refractivity contribution is 5.70. The van der Waals surface area contributed by atoms with Crippen molar-refractivity contribution < 1.29 is 15.0 Å². The van der Waals surface area contributed by atoms with E-state index in [2.05, 4.69) is 13.8 Å². The fourth-order valence-corrected chi connectivity index (χ4v) is 3.63. The summed E-state index contributed by atoms with van der Waals surface area (Å²) in [4.78, 5) is 11.0. The van der Waals surface area contributed by atoms with Gasteiger partial charge in [-0.05, 0) is 29.6 Å². The molecule has 0 heterocycles. The van der Waals surface area contributed by atoms with E-state index in [9.17, 15) is 15.0 Å². The molecule has 2 bridgehead atoms. The number of hydrogen-bond donors (Lipinski definition) is 1. The van der Waals surface area contributed by atoms with E-state index in [0.29, 0.717) is 0 Å². The van der Waals surface area contributed by atoms with Gasteiger partial charge in [0, 0.05) is 11.9 Å². The zero-order valence-corrected chi connectivity index (χ0v) is 8.91. The number of rotatable bonds is 1. The smallest absolute Gasteiger partial charge is 0.0682 e. The van der Waals surface area contributed by atoms with Gasteiger partial charge in [0.25, 0.3) is 0 Å². The molecule has 2 aliphatic rings. The second-order valence-corrected chi connectivity index (χ2v) is 5.57. The van der Waals surface area contributed by atoms with Crippen LogP contribution in [0.3, 0.4) is 0 Å². The van der Waals surface area contributed by atoms with E-state index in [-0.39, 0.29) is 16.7 Å². The predicted molar refractivity (Wildman–Crippen MR) is 49.1 cm³/mol. The number of hydrogen-bond acceptors (Lipinski definition) is 3. The van der Waals surface area contributed by atoms with Crippen molar-refractivity contribution in [1.29, 1.82) is 0 Å². The Balaban J connectivity index is 2.44. The minimum atomic E-state index is -1.08. The first-order valence-corrected chi connectivity index (χ1v) is 5.21. The van der Waals surface area contributed by atoms with E-state index in [1.165, 1.54) is 0 Å². The van der Waals surface area contributed by atoms with Crippen molar-refractivity contribution in [3.05, 3.63) is 0 Å². The van der Waals surface area contributed by atoms with E-state index in [1.807, 2.05) is 6.92 Å². The van der Waals surface area contributed by atoms with Crippen molar-refractivity contribution in [1.82, 2.24) is 0 Å². The third-order valence-corrected chi connectivity index (χ3v) is 5.07. The Morgan fingerprint density at radius 1 is 1.43 bits per heavy atom. The van der Waals surface area contributed by atoms with Gasteiger partial charge in [0.2, 0.25) is 0 Å². The highest BCUT2D eigenvalue weighted by atomic mass is 16.4. The van der Waals surface area contributed by atoms with E-state index in [0.717, 1.165) is 12.8 Å². The first-order chi connectivity index (χ1) is 6.32. The van der Waals surface area contributed by atoms with Crippen molar-refractivity contribution in [2.75, 3.05) is 0 Å². The highest BCUT2D eigenvalue weighted by Gasteiger charge is 2.66. The molecule has 1 N–H and O–H groups in total. The summed E-state index contributed by atoms with van der Waals surface area (Å²) in [5.74, 6) is -1.67. The molecule has 0 aliphatic heterocycles. The normalized spacial score (nSPS) is 49.6. The lowest BCUT2D eigenvalue weighted by atomic mass is 9.70. The molecule has 0 saturated heterocycles. The van der Waals surface area contributed by atoms with Gasteiger partial charge in [-0.15, -0.1) is 0 Å². The summed E-state index contributed by atoms with van der Waals surface area (Å²) in [6, 6.07) is 0. The molecule has 2 rings (SSSR count). The summed E-state index contributed by atoms with van der Waals surface area (Å²) in [7, 11) is 0. The van der Waals surface area contributed by atoms with E-state index in [1.54, 1.807) is 0 Å². The zero-order chi connectivity index (χ0) is 10.7. The van der Waals surface area contributed by atoms with Crippen LogP contribution in [0.4, 0.5) is 0 Å². The van der Waals surface area contributed by atoms with E-state index < -0.39 is 18.0 Å². The first kappa shape index (κ1) is 9.97. The molecule has 0 radical (unpaired) electrons. The van der Waals surface area contributed by atoms with Crippen LogP contribution in [0, 0.1) is 22.7 Å². The fraction of sp³-hybridized carbons (Fsp3) is 0.909. The van der Waals surface area contributed by atoms with Gasteiger partial charge in [0.15, 0.2) is 0 Å². The fourth-order valence-electron chi connectivity index (χ4n) is 3.63. The van der Waals surface area contributed by atoms with Crippen LogP contribution < -0.4 is 5.11 Å². The summed E-state index contributed by atoms with van der Waals surface area (Å²) >= 11 is 0. The number of carbonyl (C=O) groups excluding carboxylic acids is 1. The lowest BCUT2D eigenvalue weighted by Crippen LogP contribution is -2.44. The highest BCUT2D eigenvalue weighted by Crippen LogP contribution is 2.67. The van der Waals surface area contributed by atoms with Gasteiger partial charge < -0.3 is 15.0 Å². The summed E-state index contributed by atoms with van der Waals surface area (Å²) < 4.78 is 0. The van der Waals surface area contributed by atoms with Crippen LogP contribution in [0.25, 0.3) is 0 Å². The van der Waals surface area contributed by atoms with Crippen LogP contribution in [0.1, 0.15) is 33.6 Å². The summed E-state index contributed by atoms with van der Waals surface area (Å²) in [5.41, 5.74) is -0.334. The number of fused-ring (bicyclic) bond motifs is 2. The number of carbonyl (C=O) groups is 1. The summed E-state index contributed by atoms with van der Waals surface area (Å²) in [6.45, 7) is 6.13. The summed E-state index contributed by atoms with van der Waals surface area (Å²) in [6.07, 6.45) is 1.09. The lowest BCUT2D eigenvalue weighted by molar-refractivity contribution is -0.316. The maximum absolute atomic E-state index is 11.0. The number of aliphatic hydroxyl groups is 1. The number of aliphatic carboxylic acids is 1. The largest absolute Gasteiger partial charge is 0.550 e. The Morgan fingerprint density at radius 3 is 2.29 bits per heavy atom.